The van der Waals surface area contributed by atoms with Gasteiger partial charge in [0.1, 0.15) is 17.2 Å². The highest BCUT2D eigenvalue weighted by Crippen LogP contribution is 2.34. The van der Waals surface area contributed by atoms with Gasteiger partial charge in [-0.2, -0.15) is 0 Å². The van der Waals surface area contributed by atoms with Crippen LogP contribution >= 0.6 is 0 Å². The maximum atomic E-state index is 15.1. The summed E-state index contributed by atoms with van der Waals surface area (Å²) < 4.78 is 60.4. The average molecular weight is 562 g/mol. The Morgan fingerprint density at radius 2 is 1.66 bits per heavy atom. The van der Waals surface area contributed by atoms with Crippen molar-refractivity contribution in [1.82, 2.24) is 14.5 Å². The van der Waals surface area contributed by atoms with Gasteiger partial charge in [-0.05, 0) is 48.9 Å². The molecule has 0 fully saturated rings. The van der Waals surface area contributed by atoms with E-state index in [4.69, 9.17) is 14.2 Å². The number of pyridine rings is 3. The van der Waals surface area contributed by atoms with Crippen molar-refractivity contribution in [2.24, 2.45) is 0 Å². The molecule has 8 nitrogen and oxygen atoms in total. The fourth-order valence-electron chi connectivity index (χ4n) is 4.31. The Morgan fingerprint density at radius 3 is 2.34 bits per heavy atom. The lowest BCUT2D eigenvalue weighted by molar-refractivity contribution is 0.0990. The summed E-state index contributed by atoms with van der Waals surface area (Å²) in [6, 6.07) is 11.8. The minimum Gasteiger partial charge on any atom is -0.491 e. The molecule has 0 amide bonds. The van der Waals surface area contributed by atoms with Crippen LogP contribution in [-0.2, 0) is 6.42 Å². The molecule has 0 bridgehead atoms. The molecule has 5 aromatic rings. The predicted molar refractivity (Wildman–Crippen MR) is 144 cm³/mol. The van der Waals surface area contributed by atoms with Crippen molar-refractivity contribution in [3.05, 3.63) is 111 Å². The van der Waals surface area contributed by atoms with Crippen LogP contribution in [0.1, 0.15) is 21.5 Å². The summed E-state index contributed by atoms with van der Waals surface area (Å²) in [6.07, 6.45) is 2.03. The molecule has 0 aliphatic rings. The van der Waals surface area contributed by atoms with E-state index in [0.29, 0.717) is 16.8 Å². The molecule has 0 aliphatic carbocycles. The Hall–Kier alpha value is -5.19. The second-order valence-corrected chi connectivity index (χ2v) is 8.97. The number of rotatable bonds is 8. The molecule has 0 saturated heterocycles. The number of benzene rings is 2. The highest BCUT2D eigenvalue weighted by molar-refractivity contribution is 5.98. The number of fused-ring (bicyclic) bond motifs is 1. The van der Waals surface area contributed by atoms with E-state index < -0.39 is 28.8 Å². The summed E-state index contributed by atoms with van der Waals surface area (Å²) in [5.74, 6) is -2.20. The first-order valence-corrected chi connectivity index (χ1v) is 12.2. The van der Waals surface area contributed by atoms with Crippen molar-refractivity contribution in [1.29, 1.82) is 0 Å². The highest BCUT2D eigenvalue weighted by Gasteiger charge is 2.21. The van der Waals surface area contributed by atoms with Crippen LogP contribution in [-0.4, -0.2) is 34.5 Å². The lowest BCUT2D eigenvalue weighted by atomic mass is 10.00. The number of Topliss-reactive ketones (excluding diaryl/α,β-unsaturated/α-hetero) is 1. The average Bonchev–Trinajstić information content (AvgIpc) is 2.96. The number of hydrogen-bond donors (Lipinski definition) is 0. The molecule has 0 spiro atoms. The van der Waals surface area contributed by atoms with Gasteiger partial charge in [0.25, 0.3) is 11.4 Å². The monoisotopic (exact) mass is 561 g/mol. The van der Waals surface area contributed by atoms with Crippen molar-refractivity contribution >= 4 is 16.8 Å². The van der Waals surface area contributed by atoms with E-state index in [1.54, 1.807) is 6.07 Å². The fourth-order valence-corrected chi connectivity index (χ4v) is 4.31. The van der Waals surface area contributed by atoms with Crippen LogP contribution in [0.4, 0.5) is 13.2 Å². The van der Waals surface area contributed by atoms with Gasteiger partial charge in [-0.1, -0.05) is 6.07 Å². The summed E-state index contributed by atoms with van der Waals surface area (Å²) in [5, 5.41) is 0. The van der Waals surface area contributed by atoms with Crippen LogP contribution in [0, 0.1) is 24.4 Å². The van der Waals surface area contributed by atoms with E-state index in [9.17, 15) is 18.4 Å². The van der Waals surface area contributed by atoms with Gasteiger partial charge in [0.05, 0.1) is 25.3 Å². The minimum atomic E-state index is -0.792. The molecule has 11 heteroatoms. The molecule has 0 N–H and O–H groups in total. The number of aromatic nitrogens is 3. The first-order valence-electron chi connectivity index (χ1n) is 12.2. The van der Waals surface area contributed by atoms with E-state index in [1.165, 1.54) is 57.7 Å². The quantitative estimate of drug-likeness (QED) is 0.223. The Bertz CT molecular complexity index is 1860. The summed E-state index contributed by atoms with van der Waals surface area (Å²) in [5.41, 5.74) is -0.129. The van der Waals surface area contributed by atoms with Gasteiger partial charge in [-0.25, -0.2) is 18.2 Å². The summed E-state index contributed by atoms with van der Waals surface area (Å²) >= 11 is 0. The van der Waals surface area contributed by atoms with Gasteiger partial charge in [0.2, 0.25) is 0 Å². The van der Waals surface area contributed by atoms with Crippen molar-refractivity contribution in [2.75, 3.05) is 14.2 Å². The van der Waals surface area contributed by atoms with Crippen LogP contribution < -0.4 is 19.8 Å². The van der Waals surface area contributed by atoms with Gasteiger partial charge in [0, 0.05) is 42.2 Å². The first kappa shape index (κ1) is 27.4. The van der Waals surface area contributed by atoms with E-state index >= 15 is 4.39 Å². The van der Waals surface area contributed by atoms with Crippen molar-refractivity contribution in [3.63, 3.8) is 0 Å². The lowest BCUT2D eigenvalue weighted by Gasteiger charge is -2.13. The third-order valence-electron chi connectivity index (χ3n) is 6.39. The molecular weight excluding hydrogens is 539 g/mol. The van der Waals surface area contributed by atoms with Crippen LogP contribution in [0.2, 0.25) is 0 Å². The molecule has 41 heavy (non-hydrogen) atoms. The third-order valence-corrected chi connectivity index (χ3v) is 6.39. The molecule has 2 aromatic carbocycles. The number of ether oxygens (including phenoxy) is 3. The van der Waals surface area contributed by atoms with Crippen LogP contribution in [0.5, 0.6) is 23.1 Å². The zero-order valence-electron chi connectivity index (χ0n) is 22.1. The smallest absolute Gasteiger partial charge is 0.266 e. The van der Waals surface area contributed by atoms with Crippen molar-refractivity contribution < 1.29 is 32.2 Å². The topological polar surface area (TPSA) is 92.5 Å². The normalized spacial score (nSPS) is 11.0. The van der Waals surface area contributed by atoms with E-state index in [2.05, 4.69) is 9.97 Å². The van der Waals surface area contributed by atoms with Gasteiger partial charge >= 0.3 is 0 Å². The van der Waals surface area contributed by atoms with Gasteiger partial charge < -0.3 is 14.2 Å². The predicted octanol–water partition coefficient (Wildman–Crippen LogP) is 5.74. The first-order chi connectivity index (χ1) is 19.7. The molecular formula is C30H22F3N3O5. The highest BCUT2D eigenvalue weighted by atomic mass is 19.1. The summed E-state index contributed by atoms with van der Waals surface area (Å²) in [4.78, 5) is 34.9. The number of ketones is 1. The van der Waals surface area contributed by atoms with Gasteiger partial charge in [0.15, 0.2) is 28.8 Å². The third kappa shape index (κ3) is 5.33. The Kier molecular flexibility index (Phi) is 7.43. The van der Waals surface area contributed by atoms with Crippen molar-refractivity contribution in [2.45, 2.75) is 13.3 Å². The Balaban J connectivity index is 1.43. The molecule has 0 aliphatic heterocycles. The van der Waals surface area contributed by atoms with E-state index in [1.807, 2.05) is 0 Å². The molecule has 5 rings (SSSR count). The SMILES string of the molecule is COc1cc2nccc(Oc3ccc(CC(=O)c4c(C)c(F)cn(-c5ccc(F)cc5)c4=O)cc3F)c2nc1OC. The van der Waals surface area contributed by atoms with E-state index in [-0.39, 0.29) is 46.2 Å². The number of carbonyl (C=O) groups excluding carboxylic acids is 1. The zero-order chi connectivity index (χ0) is 29.3. The molecule has 0 radical (unpaired) electrons. The molecule has 0 saturated carbocycles. The Labute approximate surface area is 231 Å². The largest absolute Gasteiger partial charge is 0.491 e. The van der Waals surface area contributed by atoms with Gasteiger partial charge in [-0.15, -0.1) is 0 Å². The maximum absolute atomic E-state index is 15.1. The number of hydrogen-bond acceptors (Lipinski definition) is 7. The fraction of sp³-hybridized carbons (Fsp3) is 0.133. The molecule has 3 heterocycles. The van der Waals surface area contributed by atoms with Crippen LogP contribution in [0.15, 0.2) is 71.8 Å². The molecule has 0 unspecified atom stereocenters. The minimum absolute atomic E-state index is 0.136. The van der Waals surface area contributed by atoms with E-state index in [0.717, 1.165) is 29.0 Å². The number of nitrogens with zero attached hydrogens (tertiary/aromatic N) is 3. The lowest BCUT2D eigenvalue weighted by Crippen LogP contribution is -2.28. The molecule has 0 atom stereocenters. The molecule has 3 aromatic heterocycles. The number of methoxy groups -OCH3 is 2. The standard InChI is InChI=1S/C30H22F3N3O5/c1-16-21(33)15-36(19-7-5-18(31)6-8-19)30(38)27(16)23(37)13-17-4-9-24(20(32)12-17)41-25-10-11-34-22-14-26(39-2)29(40-3)35-28(22)25/h4-12,14-15H,13H2,1-3H3. The number of carbonyl (C=O) groups is 1. The number of halogens is 3. The van der Waals surface area contributed by atoms with Crippen molar-refractivity contribution in [3.8, 4) is 28.8 Å². The second-order valence-electron chi connectivity index (χ2n) is 8.97. The summed E-state index contributed by atoms with van der Waals surface area (Å²) in [6.45, 7) is 1.31. The summed E-state index contributed by atoms with van der Waals surface area (Å²) in [7, 11) is 2.89. The van der Waals surface area contributed by atoms with Crippen LogP contribution in [0.3, 0.4) is 0 Å². The second kappa shape index (κ2) is 11.1. The molecule has 208 valence electrons. The Morgan fingerprint density at radius 1 is 0.902 bits per heavy atom. The van der Waals surface area contributed by atoms with Crippen LogP contribution in [0.25, 0.3) is 16.7 Å². The maximum Gasteiger partial charge on any atom is 0.266 e. The zero-order valence-corrected chi connectivity index (χ0v) is 22.1. The van der Waals surface area contributed by atoms with Gasteiger partial charge in [-0.3, -0.25) is 19.1 Å².